The summed E-state index contributed by atoms with van der Waals surface area (Å²) in [7, 11) is 0. The third-order valence-electron chi connectivity index (χ3n) is 1.76. The minimum Gasteiger partial charge on any atom is -0.433 e. The zero-order chi connectivity index (χ0) is 7.68. The molecule has 0 N–H and O–H groups in total. The molecule has 2 heterocycles. The summed E-state index contributed by atoms with van der Waals surface area (Å²) in [4.78, 5) is 0. The van der Waals surface area contributed by atoms with E-state index in [1.165, 1.54) is 0 Å². The Morgan fingerprint density at radius 2 is 2.55 bits per heavy atom. The minimum atomic E-state index is 0.373. The van der Waals surface area contributed by atoms with Gasteiger partial charge in [-0.25, -0.2) is 0 Å². The summed E-state index contributed by atoms with van der Waals surface area (Å²) in [5.74, 6) is 0.995. The van der Waals surface area contributed by atoms with E-state index in [9.17, 15) is 0 Å². The fourth-order valence-corrected chi connectivity index (χ4v) is 1.68. The predicted octanol–water partition coefficient (Wildman–Crippen LogP) is 1.17. The van der Waals surface area contributed by atoms with Crippen molar-refractivity contribution in [3.63, 3.8) is 0 Å². The second kappa shape index (κ2) is 2.97. The Kier molecular flexibility index (Phi) is 1.98. The van der Waals surface area contributed by atoms with E-state index in [4.69, 9.17) is 4.74 Å². The van der Waals surface area contributed by atoms with Crippen LogP contribution in [0.3, 0.4) is 0 Å². The molecule has 0 amide bonds. The van der Waals surface area contributed by atoms with Crippen molar-refractivity contribution in [1.82, 2.24) is 0 Å². The number of fused-ring (bicyclic) bond motifs is 1. The largest absolute Gasteiger partial charge is 0.433 e. The van der Waals surface area contributed by atoms with Crippen molar-refractivity contribution in [3.05, 3.63) is 24.4 Å². The second-order valence-electron chi connectivity index (χ2n) is 2.59. The first-order chi connectivity index (χ1) is 5.40. The van der Waals surface area contributed by atoms with E-state index in [1.54, 1.807) is 0 Å². The van der Waals surface area contributed by atoms with Crippen LogP contribution < -0.4 is 9.30 Å². The van der Waals surface area contributed by atoms with Gasteiger partial charge in [0, 0.05) is 10.5 Å². The number of hydrogen-bond donors (Lipinski definition) is 0. The van der Waals surface area contributed by atoms with Crippen molar-refractivity contribution in [1.29, 1.82) is 0 Å². The van der Waals surface area contributed by atoms with E-state index in [0.29, 0.717) is 6.10 Å². The van der Waals surface area contributed by atoms with Crippen molar-refractivity contribution in [3.8, 4) is 5.88 Å². The van der Waals surface area contributed by atoms with Crippen LogP contribution in [0.15, 0.2) is 24.4 Å². The number of halogens is 1. The number of pyridine rings is 1. The van der Waals surface area contributed by atoms with Gasteiger partial charge < -0.3 is 4.74 Å². The first-order valence-corrected chi connectivity index (χ1v) is 5.14. The third-order valence-corrected chi connectivity index (χ3v) is 2.74. The smallest absolute Gasteiger partial charge is 0.368 e. The summed E-state index contributed by atoms with van der Waals surface area (Å²) in [6.07, 6.45) is 2.43. The maximum absolute atomic E-state index is 5.61. The second-order valence-corrected chi connectivity index (χ2v) is 3.47. The molecule has 0 aromatic carbocycles. The van der Waals surface area contributed by atoms with E-state index in [2.05, 4.69) is 33.4 Å². The van der Waals surface area contributed by atoms with Crippen molar-refractivity contribution in [2.24, 2.45) is 0 Å². The Labute approximate surface area is 79.3 Å². The predicted molar refractivity (Wildman–Crippen MR) is 49.9 cm³/mol. The quantitative estimate of drug-likeness (QED) is 0.420. The monoisotopic (exact) mass is 262 g/mol. The molecule has 0 fully saturated rings. The summed E-state index contributed by atoms with van der Waals surface area (Å²) >= 11 is 2.35. The molecule has 0 bridgehead atoms. The lowest BCUT2D eigenvalue weighted by Crippen LogP contribution is -2.32. The van der Waals surface area contributed by atoms with Crippen molar-refractivity contribution in [2.75, 3.05) is 4.43 Å². The van der Waals surface area contributed by atoms with Gasteiger partial charge in [-0.1, -0.05) is 22.6 Å². The van der Waals surface area contributed by atoms with Crippen LogP contribution in [-0.2, 0) is 6.54 Å². The van der Waals surface area contributed by atoms with Gasteiger partial charge >= 0.3 is 5.88 Å². The summed E-state index contributed by atoms with van der Waals surface area (Å²) in [5, 5.41) is 0. The first-order valence-electron chi connectivity index (χ1n) is 3.61. The topological polar surface area (TPSA) is 13.1 Å². The highest BCUT2D eigenvalue weighted by Crippen LogP contribution is 2.13. The Morgan fingerprint density at radius 1 is 1.64 bits per heavy atom. The molecule has 0 radical (unpaired) electrons. The molecule has 1 aliphatic rings. The molecule has 0 unspecified atom stereocenters. The summed E-state index contributed by atoms with van der Waals surface area (Å²) in [6, 6.07) is 6.04. The Balaban J connectivity index is 2.27. The number of rotatable bonds is 1. The number of hydrogen-bond acceptors (Lipinski definition) is 1. The van der Waals surface area contributed by atoms with Crippen LogP contribution in [0.25, 0.3) is 0 Å². The van der Waals surface area contributed by atoms with Crippen LogP contribution in [0.5, 0.6) is 5.88 Å². The lowest BCUT2D eigenvalue weighted by Gasteiger charge is -1.96. The highest BCUT2D eigenvalue weighted by atomic mass is 127. The van der Waals surface area contributed by atoms with Crippen LogP contribution in [0.2, 0.25) is 0 Å². The van der Waals surface area contributed by atoms with E-state index in [1.807, 2.05) is 18.2 Å². The van der Waals surface area contributed by atoms with Crippen LogP contribution in [-0.4, -0.2) is 10.5 Å². The third kappa shape index (κ3) is 1.34. The zero-order valence-corrected chi connectivity index (χ0v) is 8.19. The summed E-state index contributed by atoms with van der Waals surface area (Å²) in [6.45, 7) is 0.999. The Hall–Kier alpha value is -0.320. The fraction of sp³-hybridized carbons (Fsp3) is 0.375. The molecule has 2 nitrogen and oxygen atoms in total. The molecule has 2 rings (SSSR count). The van der Waals surface area contributed by atoms with E-state index in [0.717, 1.165) is 16.9 Å². The zero-order valence-electron chi connectivity index (χ0n) is 6.03. The average Bonchev–Trinajstić information content (AvgIpc) is 2.46. The molecule has 0 aliphatic carbocycles. The Morgan fingerprint density at radius 3 is 3.27 bits per heavy atom. The molecular formula is C8H9INO+. The SMILES string of the molecule is IC[C@@H]1C[n+]2ccccc2O1. The molecule has 1 atom stereocenters. The molecular weight excluding hydrogens is 253 g/mol. The maximum Gasteiger partial charge on any atom is 0.368 e. The van der Waals surface area contributed by atoms with Gasteiger partial charge in [0.1, 0.15) is 0 Å². The first kappa shape index (κ1) is 7.34. The van der Waals surface area contributed by atoms with Gasteiger partial charge in [-0.3, -0.25) is 0 Å². The fourth-order valence-electron chi connectivity index (χ4n) is 1.23. The molecule has 11 heavy (non-hydrogen) atoms. The average molecular weight is 262 g/mol. The molecule has 3 heteroatoms. The van der Waals surface area contributed by atoms with Gasteiger partial charge in [0.15, 0.2) is 18.8 Å². The van der Waals surface area contributed by atoms with Crippen molar-refractivity contribution in [2.45, 2.75) is 12.6 Å². The van der Waals surface area contributed by atoms with Gasteiger partial charge in [-0.2, -0.15) is 4.57 Å². The van der Waals surface area contributed by atoms with Gasteiger partial charge in [-0.05, 0) is 6.07 Å². The van der Waals surface area contributed by atoms with Crippen molar-refractivity contribution >= 4 is 22.6 Å². The highest BCUT2D eigenvalue weighted by Gasteiger charge is 2.27. The lowest BCUT2D eigenvalue weighted by molar-refractivity contribution is -0.681. The molecule has 58 valence electrons. The van der Waals surface area contributed by atoms with E-state index in [-0.39, 0.29) is 0 Å². The molecule has 1 aromatic rings. The number of nitrogens with zero attached hydrogens (tertiary/aromatic N) is 1. The number of aromatic nitrogens is 1. The highest BCUT2D eigenvalue weighted by molar-refractivity contribution is 14.1. The molecule has 0 saturated heterocycles. The number of alkyl halides is 1. The maximum atomic E-state index is 5.61. The van der Waals surface area contributed by atoms with Crippen LogP contribution in [0.4, 0.5) is 0 Å². The van der Waals surface area contributed by atoms with Gasteiger partial charge in [0.25, 0.3) is 0 Å². The van der Waals surface area contributed by atoms with Crippen molar-refractivity contribution < 1.29 is 9.30 Å². The Bertz CT molecular complexity index is 239. The standard InChI is InChI=1S/C8H9INO/c9-5-7-6-10-4-2-1-3-8(10)11-7/h1-4,7H,5-6H2/q+1/t7-/m1/s1. The molecule has 1 aromatic heterocycles. The van der Waals surface area contributed by atoms with Gasteiger partial charge in [-0.15, -0.1) is 0 Å². The minimum absolute atomic E-state index is 0.373. The van der Waals surface area contributed by atoms with Gasteiger partial charge in [0.2, 0.25) is 0 Å². The van der Waals surface area contributed by atoms with Crippen LogP contribution >= 0.6 is 22.6 Å². The lowest BCUT2D eigenvalue weighted by atomic mass is 10.4. The van der Waals surface area contributed by atoms with Crippen LogP contribution in [0.1, 0.15) is 0 Å². The summed E-state index contributed by atoms with van der Waals surface area (Å²) < 4.78 is 8.81. The normalized spacial score (nSPS) is 21.0. The van der Waals surface area contributed by atoms with E-state index < -0.39 is 0 Å². The molecule has 1 aliphatic heterocycles. The van der Waals surface area contributed by atoms with Gasteiger partial charge in [0.05, 0.1) is 6.07 Å². The molecule has 0 saturated carbocycles. The molecule has 0 spiro atoms. The van der Waals surface area contributed by atoms with Crippen LogP contribution in [0, 0.1) is 0 Å². The van der Waals surface area contributed by atoms with E-state index >= 15 is 0 Å². The summed E-state index contributed by atoms with van der Waals surface area (Å²) in [5.41, 5.74) is 0. The number of ether oxygens (including phenoxy) is 1.